The van der Waals surface area contributed by atoms with Crippen LogP contribution in [0.1, 0.15) is 10.4 Å². The second-order valence-corrected chi connectivity index (χ2v) is 7.17. The van der Waals surface area contributed by atoms with E-state index in [2.05, 4.69) is 5.10 Å². The van der Waals surface area contributed by atoms with E-state index in [0.717, 1.165) is 10.6 Å². The standard InChI is InChI=1S/C20H19N3O4S/c24-18(22-8-10-26-11-9-22)14-27-20(25)16-13-23(15-5-2-1-3-6-15)21-19(16)17-7-4-12-28-17/h1-7,12-13H,8-11,14H2. The molecular weight excluding hydrogens is 378 g/mol. The van der Waals surface area contributed by atoms with Gasteiger partial charge in [-0.15, -0.1) is 11.3 Å². The van der Waals surface area contributed by atoms with Crippen molar-refractivity contribution in [2.24, 2.45) is 0 Å². The predicted octanol–water partition coefficient (Wildman–Crippen LogP) is 2.62. The summed E-state index contributed by atoms with van der Waals surface area (Å²) in [5.74, 6) is -0.781. The van der Waals surface area contributed by atoms with Crippen LogP contribution in [0.4, 0.5) is 0 Å². The molecule has 8 heteroatoms. The smallest absolute Gasteiger partial charge is 0.342 e. The summed E-state index contributed by atoms with van der Waals surface area (Å²) >= 11 is 1.49. The Bertz CT molecular complexity index is 947. The minimum Gasteiger partial charge on any atom is -0.452 e. The normalized spacial score (nSPS) is 14.1. The molecule has 28 heavy (non-hydrogen) atoms. The van der Waals surface area contributed by atoms with Crippen LogP contribution in [-0.4, -0.2) is 59.5 Å². The zero-order valence-corrected chi connectivity index (χ0v) is 15.9. The summed E-state index contributed by atoms with van der Waals surface area (Å²) in [6.07, 6.45) is 1.64. The van der Waals surface area contributed by atoms with Crippen molar-refractivity contribution in [3.8, 4) is 16.3 Å². The molecule has 0 N–H and O–H groups in total. The van der Waals surface area contributed by atoms with E-state index in [4.69, 9.17) is 9.47 Å². The van der Waals surface area contributed by atoms with Crippen molar-refractivity contribution in [1.82, 2.24) is 14.7 Å². The van der Waals surface area contributed by atoms with Crippen LogP contribution >= 0.6 is 11.3 Å². The predicted molar refractivity (Wildman–Crippen MR) is 105 cm³/mol. The molecule has 0 spiro atoms. The Balaban J connectivity index is 1.54. The third-order valence-electron chi connectivity index (χ3n) is 4.40. The summed E-state index contributed by atoms with van der Waals surface area (Å²) in [5, 5.41) is 6.50. The van der Waals surface area contributed by atoms with Gasteiger partial charge in [0.2, 0.25) is 0 Å². The Labute approximate surface area is 166 Å². The first-order valence-corrected chi connectivity index (χ1v) is 9.82. The van der Waals surface area contributed by atoms with Gasteiger partial charge in [-0.3, -0.25) is 4.79 Å². The molecule has 1 saturated heterocycles. The Morgan fingerprint density at radius 3 is 2.61 bits per heavy atom. The van der Waals surface area contributed by atoms with E-state index in [0.29, 0.717) is 37.6 Å². The van der Waals surface area contributed by atoms with Gasteiger partial charge in [-0.2, -0.15) is 5.10 Å². The lowest BCUT2D eigenvalue weighted by Crippen LogP contribution is -2.42. The first kappa shape index (κ1) is 18.4. The van der Waals surface area contributed by atoms with Crippen molar-refractivity contribution in [3.63, 3.8) is 0 Å². The second kappa shape index (κ2) is 8.37. The van der Waals surface area contributed by atoms with Crippen molar-refractivity contribution >= 4 is 23.2 Å². The highest BCUT2D eigenvalue weighted by Gasteiger charge is 2.23. The molecule has 0 aliphatic carbocycles. The number of morpholine rings is 1. The van der Waals surface area contributed by atoms with Gasteiger partial charge in [0.25, 0.3) is 5.91 Å². The maximum Gasteiger partial charge on any atom is 0.342 e. The minimum absolute atomic E-state index is 0.218. The van der Waals surface area contributed by atoms with E-state index in [-0.39, 0.29) is 12.5 Å². The van der Waals surface area contributed by atoms with Crippen LogP contribution in [0, 0.1) is 0 Å². The highest BCUT2D eigenvalue weighted by atomic mass is 32.1. The molecule has 0 bridgehead atoms. The fourth-order valence-electron chi connectivity index (χ4n) is 2.94. The molecule has 1 fully saturated rings. The fourth-order valence-corrected chi connectivity index (χ4v) is 3.66. The molecule has 7 nitrogen and oxygen atoms in total. The molecule has 1 aromatic carbocycles. The Kier molecular flexibility index (Phi) is 5.50. The highest BCUT2D eigenvalue weighted by molar-refractivity contribution is 7.13. The van der Waals surface area contributed by atoms with E-state index >= 15 is 0 Å². The number of benzene rings is 1. The van der Waals surface area contributed by atoms with Gasteiger partial charge in [-0.1, -0.05) is 24.3 Å². The summed E-state index contributed by atoms with van der Waals surface area (Å²) < 4.78 is 12.2. The number of rotatable bonds is 5. The Hall–Kier alpha value is -2.97. The van der Waals surface area contributed by atoms with Crippen LogP contribution < -0.4 is 0 Å². The number of hydrogen-bond donors (Lipinski definition) is 0. The molecule has 1 aliphatic heterocycles. The SMILES string of the molecule is O=C(OCC(=O)N1CCOCC1)c1cn(-c2ccccc2)nc1-c1cccs1. The van der Waals surface area contributed by atoms with Crippen LogP contribution in [0.25, 0.3) is 16.3 Å². The van der Waals surface area contributed by atoms with Crippen molar-refractivity contribution in [2.75, 3.05) is 32.9 Å². The lowest BCUT2D eigenvalue weighted by Gasteiger charge is -2.26. The van der Waals surface area contributed by atoms with Gasteiger partial charge in [0.15, 0.2) is 6.61 Å². The number of aromatic nitrogens is 2. The number of ether oxygens (including phenoxy) is 2. The first-order valence-electron chi connectivity index (χ1n) is 8.94. The van der Waals surface area contributed by atoms with E-state index < -0.39 is 5.97 Å². The number of thiophene rings is 1. The van der Waals surface area contributed by atoms with Gasteiger partial charge < -0.3 is 14.4 Å². The summed E-state index contributed by atoms with van der Waals surface area (Å²) in [6.45, 7) is 1.75. The summed E-state index contributed by atoms with van der Waals surface area (Å²) in [7, 11) is 0. The molecule has 3 heterocycles. The first-order chi connectivity index (χ1) is 13.7. The number of para-hydroxylation sites is 1. The number of esters is 1. The quantitative estimate of drug-likeness (QED) is 0.619. The minimum atomic E-state index is -0.563. The molecule has 1 amide bonds. The third-order valence-corrected chi connectivity index (χ3v) is 5.28. The molecule has 1 aliphatic rings. The Morgan fingerprint density at radius 2 is 1.89 bits per heavy atom. The molecule has 0 saturated carbocycles. The van der Waals surface area contributed by atoms with Gasteiger partial charge in [0.1, 0.15) is 11.3 Å². The van der Waals surface area contributed by atoms with E-state index in [1.807, 2.05) is 47.8 Å². The number of hydrogen-bond acceptors (Lipinski definition) is 6. The molecule has 2 aromatic heterocycles. The Morgan fingerprint density at radius 1 is 1.11 bits per heavy atom. The molecular formula is C20H19N3O4S. The maximum absolute atomic E-state index is 12.7. The fraction of sp³-hybridized carbons (Fsp3) is 0.250. The van der Waals surface area contributed by atoms with Crippen molar-refractivity contribution in [1.29, 1.82) is 0 Å². The van der Waals surface area contributed by atoms with E-state index in [1.54, 1.807) is 15.8 Å². The summed E-state index contributed by atoms with van der Waals surface area (Å²) in [6, 6.07) is 13.3. The number of carbonyl (C=O) groups excluding carboxylic acids is 2. The number of carbonyl (C=O) groups is 2. The van der Waals surface area contributed by atoms with E-state index in [9.17, 15) is 9.59 Å². The lowest BCUT2D eigenvalue weighted by molar-refractivity contribution is -0.138. The lowest BCUT2D eigenvalue weighted by atomic mass is 10.2. The van der Waals surface area contributed by atoms with Gasteiger partial charge in [-0.25, -0.2) is 9.48 Å². The third kappa shape index (κ3) is 3.97. The monoisotopic (exact) mass is 397 g/mol. The molecule has 3 aromatic rings. The van der Waals surface area contributed by atoms with Gasteiger partial charge >= 0.3 is 5.97 Å². The molecule has 144 valence electrons. The van der Waals surface area contributed by atoms with E-state index in [1.165, 1.54) is 11.3 Å². The second-order valence-electron chi connectivity index (χ2n) is 6.22. The van der Waals surface area contributed by atoms with Crippen LogP contribution in [-0.2, 0) is 14.3 Å². The molecule has 0 unspecified atom stereocenters. The van der Waals surface area contributed by atoms with Gasteiger partial charge in [-0.05, 0) is 23.6 Å². The topological polar surface area (TPSA) is 73.7 Å². The zero-order chi connectivity index (χ0) is 19.3. The van der Waals surface area contributed by atoms with Crippen molar-refractivity contribution < 1.29 is 19.1 Å². The zero-order valence-electron chi connectivity index (χ0n) is 15.1. The van der Waals surface area contributed by atoms with Crippen molar-refractivity contribution in [2.45, 2.75) is 0 Å². The van der Waals surface area contributed by atoms with Crippen LogP contribution in [0.5, 0.6) is 0 Å². The summed E-state index contributed by atoms with van der Waals surface area (Å²) in [4.78, 5) is 27.5. The molecule has 0 atom stereocenters. The molecule has 4 rings (SSSR count). The van der Waals surface area contributed by atoms with Gasteiger partial charge in [0.05, 0.1) is 23.8 Å². The van der Waals surface area contributed by atoms with Crippen molar-refractivity contribution in [3.05, 3.63) is 59.6 Å². The average Bonchev–Trinajstić information content (AvgIpc) is 3.43. The highest BCUT2D eigenvalue weighted by Crippen LogP contribution is 2.28. The average molecular weight is 397 g/mol. The van der Waals surface area contributed by atoms with Gasteiger partial charge in [0, 0.05) is 19.3 Å². The largest absolute Gasteiger partial charge is 0.452 e. The number of amides is 1. The van der Waals surface area contributed by atoms with Crippen LogP contribution in [0.2, 0.25) is 0 Å². The summed E-state index contributed by atoms with van der Waals surface area (Å²) in [5.41, 5.74) is 1.72. The maximum atomic E-state index is 12.7. The number of nitrogens with zero attached hydrogens (tertiary/aromatic N) is 3. The van der Waals surface area contributed by atoms with Crippen LogP contribution in [0.3, 0.4) is 0 Å². The van der Waals surface area contributed by atoms with Crippen LogP contribution in [0.15, 0.2) is 54.0 Å². The molecule has 0 radical (unpaired) electrons.